The molecule has 1 aromatic heterocycles. The van der Waals surface area contributed by atoms with Crippen LogP contribution in [0.15, 0.2) is 18.2 Å². The Morgan fingerprint density at radius 3 is 2.70 bits per heavy atom. The number of nitrogens with one attached hydrogen (secondary N) is 1. The second-order valence-corrected chi connectivity index (χ2v) is 6.62. The molecule has 0 aliphatic rings. The quantitative estimate of drug-likeness (QED) is 0.888. The molecule has 0 amide bonds. The van der Waals surface area contributed by atoms with Crippen LogP contribution < -0.4 is 5.32 Å². The van der Waals surface area contributed by atoms with E-state index in [1.165, 1.54) is 4.88 Å². The molecule has 0 aliphatic heterocycles. The van der Waals surface area contributed by atoms with Gasteiger partial charge >= 0.3 is 0 Å². The van der Waals surface area contributed by atoms with Crippen molar-refractivity contribution in [1.82, 2.24) is 10.3 Å². The van der Waals surface area contributed by atoms with Crippen LogP contribution in [0.4, 0.5) is 4.39 Å². The Balaban J connectivity index is 2.18. The van der Waals surface area contributed by atoms with Gasteiger partial charge in [0.1, 0.15) is 10.8 Å². The first kappa shape index (κ1) is 15.1. The Labute approximate surface area is 124 Å². The first-order valence-corrected chi connectivity index (χ1v) is 7.72. The molecule has 1 heterocycles. The molecule has 0 radical (unpaired) electrons. The molecule has 0 atom stereocenters. The Morgan fingerprint density at radius 1 is 1.30 bits per heavy atom. The normalized spacial score (nSPS) is 11.3. The molecule has 0 saturated carbocycles. The van der Waals surface area contributed by atoms with Gasteiger partial charge in [-0.05, 0) is 44.0 Å². The third-order valence-electron chi connectivity index (χ3n) is 3.09. The summed E-state index contributed by atoms with van der Waals surface area (Å²) in [6, 6.07) is 5.29. The molecule has 0 bridgehead atoms. The number of aromatic nitrogens is 1. The summed E-state index contributed by atoms with van der Waals surface area (Å²) in [4.78, 5) is 5.69. The fourth-order valence-electron chi connectivity index (χ4n) is 1.98. The van der Waals surface area contributed by atoms with Gasteiger partial charge in [0.15, 0.2) is 0 Å². The van der Waals surface area contributed by atoms with Gasteiger partial charge in [-0.1, -0.05) is 19.9 Å². The van der Waals surface area contributed by atoms with Crippen molar-refractivity contribution in [3.8, 4) is 10.6 Å². The van der Waals surface area contributed by atoms with Crippen molar-refractivity contribution >= 4 is 11.3 Å². The molecule has 2 aromatic rings. The van der Waals surface area contributed by atoms with Crippen LogP contribution in [0.3, 0.4) is 0 Å². The van der Waals surface area contributed by atoms with Crippen molar-refractivity contribution in [2.45, 2.75) is 34.2 Å². The van der Waals surface area contributed by atoms with Gasteiger partial charge in [-0.3, -0.25) is 0 Å². The van der Waals surface area contributed by atoms with Crippen molar-refractivity contribution in [3.63, 3.8) is 0 Å². The van der Waals surface area contributed by atoms with Crippen LogP contribution in [-0.2, 0) is 6.54 Å². The summed E-state index contributed by atoms with van der Waals surface area (Å²) < 4.78 is 14.0. The number of halogens is 1. The zero-order valence-electron chi connectivity index (χ0n) is 12.5. The topological polar surface area (TPSA) is 24.9 Å². The highest BCUT2D eigenvalue weighted by Gasteiger charge is 2.12. The Bertz CT molecular complexity index is 590. The predicted molar refractivity (Wildman–Crippen MR) is 83.5 cm³/mol. The summed E-state index contributed by atoms with van der Waals surface area (Å²) in [5, 5.41) is 4.17. The van der Waals surface area contributed by atoms with E-state index in [-0.39, 0.29) is 5.82 Å². The van der Waals surface area contributed by atoms with Gasteiger partial charge in [0.25, 0.3) is 0 Å². The van der Waals surface area contributed by atoms with Crippen molar-refractivity contribution in [2.75, 3.05) is 6.54 Å². The largest absolute Gasteiger partial charge is 0.312 e. The standard InChI is InChI=1S/C16H21FN2S/c1-10(2)8-18-9-15-12(4)19-16(20-15)13-6-5-11(3)7-14(13)17/h5-7,10,18H,8-9H2,1-4H3. The van der Waals surface area contributed by atoms with E-state index in [1.54, 1.807) is 17.4 Å². The summed E-state index contributed by atoms with van der Waals surface area (Å²) in [5.41, 5.74) is 2.51. The predicted octanol–water partition coefficient (Wildman–Crippen LogP) is 4.31. The minimum absolute atomic E-state index is 0.194. The average Bonchev–Trinajstić information content (AvgIpc) is 2.70. The van der Waals surface area contributed by atoms with E-state index in [2.05, 4.69) is 24.1 Å². The highest BCUT2D eigenvalue weighted by molar-refractivity contribution is 7.15. The first-order valence-electron chi connectivity index (χ1n) is 6.91. The molecule has 0 aliphatic carbocycles. The van der Waals surface area contributed by atoms with E-state index in [0.29, 0.717) is 11.5 Å². The summed E-state index contributed by atoms with van der Waals surface area (Å²) >= 11 is 1.57. The first-order chi connectivity index (χ1) is 9.47. The maximum Gasteiger partial charge on any atom is 0.133 e. The number of thiazole rings is 1. The lowest BCUT2D eigenvalue weighted by Gasteiger charge is -2.05. The van der Waals surface area contributed by atoms with E-state index in [4.69, 9.17) is 0 Å². The van der Waals surface area contributed by atoms with Crippen molar-refractivity contribution < 1.29 is 4.39 Å². The van der Waals surface area contributed by atoms with E-state index in [0.717, 1.165) is 29.4 Å². The number of benzene rings is 1. The highest BCUT2D eigenvalue weighted by atomic mass is 32.1. The van der Waals surface area contributed by atoms with Crippen molar-refractivity contribution in [2.24, 2.45) is 5.92 Å². The number of rotatable bonds is 5. The van der Waals surface area contributed by atoms with E-state index >= 15 is 0 Å². The Kier molecular flexibility index (Phi) is 4.89. The van der Waals surface area contributed by atoms with Crippen LogP contribution in [-0.4, -0.2) is 11.5 Å². The molecule has 2 nitrogen and oxygen atoms in total. The Morgan fingerprint density at radius 2 is 2.05 bits per heavy atom. The third kappa shape index (κ3) is 3.64. The second-order valence-electron chi connectivity index (χ2n) is 5.54. The molecule has 2 rings (SSSR count). The molecule has 1 aromatic carbocycles. The number of aryl methyl sites for hydroxylation is 2. The number of hydrogen-bond acceptors (Lipinski definition) is 3. The van der Waals surface area contributed by atoms with Crippen LogP contribution in [0.5, 0.6) is 0 Å². The highest BCUT2D eigenvalue weighted by Crippen LogP contribution is 2.30. The minimum atomic E-state index is -0.194. The lowest BCUT2D eigenvalue weighted by atomic mass is 10.1. The van der Waals surface area contributed by atoms with Gasteiger partial charge < -0.3 is 5.32 Å². The maximum absolute atomic E-state index is 14.0. The van der Waals surface area contributed by atoms with Gasteiger partial charge in [-0.15, -0.1) is 11.3 Å². The molecular weight excluding hydrogens is 271 g/mol. The van der Waals surface area contributed by atoms with Crippen LogP contribution in [0.2, 0.25) is 0 Å². The van der Waals surface area contributed by atoms with E-state index < -0.39 is 0 Å². The summed E-state index contributed by atoms with van der Waals surface area (Å²) in [5.74, 6) is 0.428. The van der Waals surface area contributed by atoms with Crippen LogP contribution in [0.25, 0.3) is 10.6 Å². The fraction of sp³-hybridized carbons (Fsp3) is 0.438. The van der Waals surface area contributed by atoms with Gasteiger partial charge in [-0.25, -0.2) is 9.37 Å². The van der Waals surface area contributed by atoms with Crippen molar-refractivity contribution in [1.29, 1.82) is 0 Å². The fourth-order valence-corrected chi connectivity index (χ4v) is 3.03. The van der Waals surface area contributed by atoms with Crippen molar-refractivity contribution in [3.05, 3.63) is 40.2 Å². The molecular formula is C16H21FN2S. The van der Waals surface area contributed by atoms with E-state index in [9.17, 15) is 4.39 Å². The third-order valence-corrected chi connectivity index (χ3v) is 4.28. The smallest absolute Gasteiger partial charge is 0.133 e. The summed E-state index contributed by atoms with van der Waals surface area (Å²) in [6.07, 6.45) is 0. The van der Waals surface area contributed by atoms with E-state index in [1.807, 2.05) is 26.0 Å². The second kappa shape index (κ2) is 6.46. The monoisotopic (exact) mass is 292 g/mol. The molecule has 108 valence electrons. The molecule has 0 saturated heterocycles. The van der Waals surface area contributed by atoms with Crippen LogP contribution in [0, 0.1) is 25.6 Å². The molecule has 4 heteroatoms. The van der Waals surface area contributed by atoms with Gasteiger partial charge in [0.2, 0.25) is 0 Å². The molecule has 1 N–H and O–H groups in total. The number of hydrogen-bond donors (Lipinski definition) is 1. The minimum Gasteiger partial charge on any atom is -0.312 e. The average molecular weight is 292 g/mol. The van der Waals surface area contributed by atoms with Gasteiger partial charge in [0, 0.05) is 17.0 Å². The number of nitrogens with zero attached hydrogens (tertiary/aromatic N) is 1. The zero-order chi connectivity index (χ0) is 14.7. The lowest BCUT2D eigenvalue weighted by Crippen LogP contribution is -2.18. The van der Waals surface area contributed by atoms with Crippen LogP contribution in [0.1, 0.15) is 30.0 Å². The molecule has 20 heavy (non-hydrogen) atoms. The molecule has 0 unspecified atom stereocenters. The maximum atomic E-state index is 14.0. The molecule has 0 fully saturated rings. The summed E-state index contributed by atoms with van der Waals surface area (Å²) in [7, 11) is 0. The summed E-state index contributed by atoms with van der Waals surface area (Å²) in [6.45, 7) is 10.0. The Hall–Kier alpha value is -1.26. The SMILES string of the molecule is Cc1ccc(-c2nc(C)c(CNCC(C)C)s2)c(F)c1. The molecule has 0 spiro atoms. The van der Waals surface area contributed by atoms with Gasteiger partial charge in [0.05, 0.1) is 5.69 Å². The zero-order valence-corrected chi connectivity index (χ0v) is 13.3. The van der Waals surface area contributed by atoms with Gasteiger partial charge in [-0.2, -0.15) is 0 Å². The lowest BCUT2D eigenvalue weighted by molar-refractivity contribution is 0.554. The van der Waals surface area contributed by atoms with Crippen LogP contribution >= 0.6 is 11.3 Å².